The average Bonchev–Trinajstić information content (AvgIpc) is 2.23. The highest BCUT2D eigenvalue weighted by Gasteiger charge is 2.31. The van der Waals surface area contributed by atoms with Gasteiger partial charge in [0.05, 0.1) is 10.6 Å². The fourth-order valence-electron chi connectivity index (χ4n) is 1.22. The third-order valence-corrected chi connectivity index (χ3v) is 2.39. The summed E-state index contributed by atoms with van der Waals surface area (Å²) >= 11 is 5.56. The second-order valence-electron chi connectivity index (χ2n) is 3.70. The van der Waals surface area contributed by atoms with Crippen molar-refractivity contribution in [3.8, 4) is 0 Å². The van der Waals surface area contributed by atoms with Crippen LogP contribution in [0.1, 0.15) is 18.4 Å². The molecule has 0 amide bonds. The first-order valence-corrected chi connectivity index (χ1v) is 5.51. The van der Waals surface area contributed by atoms with Gasteiger partial charge in [0, 0.05) is 19.2 Å². The molecule has 0 aliphatic rings. The summed E-state index contributed by atoms with van der Waals surface area (Å²) in [5.41, 5.74) is -1.02. The van der Waals surface area contributed by atoms with E-state index >= 15 is 0 Å². The Labute approximate surface area is 109 Å². The molecule has 0 aromatic carbocycles. The zero-order valence-electron chi connectivity index (χ0n) is 9.37. The fourth-order valence-corrected chi connectivity index (χ4v) is 1.45. The van der Waals surface area contributed by atoms with Gasteiger partial charge in [0.15, 0.2) is 0 Å². The van der Waals surface area contributed by atoms with E-state index in [0.29, 0.717) is 12.3 Å². The van der Waals surface area contributed by atoms with Crippen LogP contribution in [0.4, 0.5) is 32.2 Å². The quantitative estimate of drug-likeness (QED) is 0.654. The van der Waals surface area contributed by atoms with Crippen LogP contribution >= 0.6 is 11.6 Å². The predicted molar refractivity (Wildman–Crippen MR) is 58.0 cm³/mol. The Morgan fingerprint density at radius 3 is 2.26 bits per heavy atom. The molecular weight excluding hydrogens is 298 g/mol. The lowest BCUT2D eigenvalue weighted by molar-refractivity contribution is -0.138. The molecule has 0 unspecified atom stereocenters. The standard InChI is InChI=1S/C10H9ClF6N2/c11-7-4-6(10(15,16)17)5-19-8(7)18-3-1-2-9(12,13)14/h4-5H,1-3H2,(H,18,19). The maximum absolute atomic E-state index is 12.3. The van der Waals surface area contributed by atoms with Crippen molar-refractivity contribution in [2.24, 2.45) is 0 Å². The highest BCUT2D eigenvalue weighted by Crippen LogP contribution is 2.32. The van der Waals surface area contributed by atoms with Gasteiger partial charge in [0.25, 0.3) is 0 Å². The maximum Gasteiger partial charge on any atom is 0.417 e. The molecule has 1 aromatic heterocycles. The van der Waals surface area contributed by atoms with Gasteiger partial charge in [-0.1, -0.05) is 11.6 Å². The van der Waals surface area contributed by atoms with Crippen molar-refractivity contribution < 1.29 is 26.3 Å². The lowest BCUT2D eigenvalue weighted by atomic mass is 10.2. The summed E-state index contributed by atoms with van der Waals surface area (Å²) in [7, 11) is 0. The molecule has 2 nitrogen and oxygen atoms in total. The summed E-state index contributed by atoms with van der Waals surface area (Å²) in [4.78, 5) is 3.43. The van der Waals surface area contributed by atoms with E-state index in [1.165, 1.54) is 0 Å². The van der Waals surface area contributed by atoms with Gasteiger partial charge in [-0.05, 0) is 12.5 Å². The second-order valence-corrected chi connectivity index (χ2v) is 4.10. The maximum atomic E-state index is 12.3. The van der Waals surface area contributed by atoms with Gasteiger partial charge in [-0.25, -0.2) is 4.98 Å². The van der Waals surface area contributed by atoms with Crippen LogP contribution in [0.15, 0.2) is 12.3 Å². The summed E-state index contributed by atoms with van der Waals surface area (Å²) in [6.07, 6.45) is -9.47. The minimum absolute atomic E-state index is 0.0724. The fraction of sp³-hybridized carbons (Fsp3) is 0.500. The van der Waals surface area contributed by atoms with E-state index in [1.54, 1.807) is 0 Å². The Hall–Kier alpha value is -1.18. The van der Waals surface area contributed by atoms with E-state index in [1.807, 2.05) is 0 Å². The molecule has 0 saturated heterocycles. The molecule has 0 radical (unpaired) electrons. The molecule has 1 heterocycles. The molecule has 0 fully saturated rings. The molecular formula is C10H9ClF6N2. The summed E-state index contributed by atoms with van der Waals surface area (Å²) in [6.45, 7) is -0.0857. The minimum Gasteiger partial charge on any atom is -0.369 e. The van der Waals surface area contributed by atoms with Crippen LogP contribution in [-0.2, 0) is 6.18 Å². The molecule has 0 saturated carbocycles. The van der Waals surface area contributed by atoms with E-state index in [9.17, 15) is 26.3 Å². The van der Waals surface area contributed by atoms with Crippen molar-refractivity contribution in [3.63, 3.8) is 0 Å². The number of rotatable bonds is 4. The first-order valence-electron chi connectivity index (χ1n) is 5.13. The van der Waals surface area contributed by atoms with Crippen molar-refractivity contribution >= 4 is 17.4 Å². The molecule has 1 rings (SSSR count). The number of aromatic nitrogens is 1. The number of alkyl halides is 6. The molecule has 0 aliphatic carbocycles. The molecule has 1 aromatic rings. The molecule has 0 bridgehead atoms. The lowest BCUT2D eigenvalue weighted by Gasteiger charge is -2.11. The van der Waals surface area contributed by atoms with Crippen LogP contribution < -0.4 is 5.32 Å². The third kappa shape index (κ3) is 5.54. The molecule has 19 heavy (non-hydrogen) atoms. The van der Waals surface area contributed by atoms with E-state index < -0.39 is 24.3 Å². The highest BCUT2D eigenvalue weighted by molar-refractivity contribution is 6.32. The van der Waals surface area contributed by atoms with Crippen LogP contribution in [0.3, 0.4) is 0 Å². The predicted octanol–water partition coefficient (Wildman–Crippen LogP) is 4.51. The molecule has 0 aliphatic heterocycles. The Balaban J connectivity index is 2.57. The van der Waals surface area contributed by atoms with Gasteiger partial charge in [0.2, 0.25) is 0 Å². The van der Waals surface area contributed by atoms with Crippen molar-refractivity contribution in [2.75, 3.05) is 11.9 Å². The topological polar surface area (TPSA) is 24.9 Å². The van der Waals surface area contributed by atoms with E-state index in [0.717, 1.165) is 0 Å². The summed E-state index contributed by atoms with van der Waals surface area (Å²) < 4.78 is 72.4. The molecule has 108 valence electrons. The largest absolute Gasteiger partial charge is 0.417 e. The molecule has 1 N–H and O–H groups in total. The first kappa shape index (κ1) is 15.9. The van der Waals surface area contributed by atoms with E-state index in [2.05, 4.69) is 10.3 Å². The molecule has 9 heteroatoms. The van der Waals surface area contributed by atoms with Crippen molar-refractivity contribution in [1.82, 2.24) is 4.98 Å². The van der Waals surface area contributed by atoms with Gasteiger partial charge in [-0.15, -0.1) is 0 Å². The number of hydrogen-bond acceptors (Lipinski definition) is 2. The highest BCUT2D eigenvalue weighted by atomic mass is 35.5. The number of halogens is 7. The third-order valence-electron chi connectivity index (χ3n) is 2.10. The van der Waals surface area contributed by atoms with Crippen LogP contribution in [0.2, 0.25) is 5.02 Å². The minimum atomic E-state index is -4.56. The number of nitrogens with zero attached hydrogens (tertiary/aromatic N) is 1. The van der Waals surface area contributed by atoms with Crippen LogP contribution in [0.5, 0.6) is 0 Å². The number of anilines is 1. The Kier molecular flexibility index (Phi) is 4.89. The normalized spacial score (nSPS) is 12.6. The number of nitrogens with one attached hydrogen (secondary N) is 1. The van der Waals surface area contributed by atoms with Crippen molar-refractivity contribution in [2.45, 2.75) is 25.2 Å². The number of hydrogen-bond donors (Lipinski definition) is 1. The SMILES string of the molecule is FC(F)(F)CCCNc1ncc(C(F)(F)F)cc1Cl. The molecule has 0 atom stereocenters. The monoisotopic (exact) mass is 306 g/mol. The Morgan fingerprint density at radius 2 is 1.79 bits per heavy atom. The van der Waals surface area contributed by atoms with Gasteiger partial charge < -0.3 is 5.32 Å². The summed E-state index contributed by atoms with van der Waals surface area (Å²) in [5.74, 6) is -0.0724. The smallest absolute Gasteiger partial charge is 0.369 e. The van der Waals surface area contributed by atoms with Gasteiger partial charge >= 0.3 is 12.4 Å². The van der Waals surface area contributed by atoms with E-state index in [4.69, 9.17) is 11.6 Å². The van der Waals surface area contributed by atoms with Crippen LogP contribution in [-0.4, -0.2) is 17.7 Å². The van der Waals surface area contributed by atoms with Gasteiger partial charge in [0.1, 0.15) is 5.82 Å². The van der Waals surface area contributed by atoms with Crippen molar-refractivity contribution in [1.29, 1.82) is 0 Å². The number of pyridine rings is 1. The first-order chi connectivity index (χ1) is 8.59. The summed E-state index contributed by atoms with van der Waals surface area (Å²) in [6, 6.07) is 0.667. The van der Waals surface area contributed by atoms with Gasteiger partial charge in [-0.3, -0.25) is 0 Å². The van der Waals surface area contributed by atoms with E-state index in [-0.39, 0.29) is 23.8 Å². The van der Waals surface area contributed by atoms with Gasteiger partial charge in [-0.2, -0.15) is 26.3 Å². The van der Waals surface area contributed by atoms with Crippen LogP contribution in [0.25, 0.3) is 0 Å². The zero-order valence-corrected chi connectivity index (χ0v) is 10.1. The Morgan fingerprint density at radius 1 is 1.16 bits per heavy atom. The van der Waals surface area contributed by atoms with Crippen molar-refractivity contribution in [3.05, 3.63) is 22.8 Å². The molecule has 0 spiro atoms. The average molecular weight is 307 g/mol. The lowest BCUT2D eigenvalue weighted by Crippen LogP contribution is -2.12. The summed E-state index contributed by atoms with van der Waals surface area (Å²) in [5, 5.41) is 2.16. The second kappa shape index (κ2) is 5.85. The zero-order chi connectivity index (χ0) is 14.7. The Bertz CT molecular complexity index is 429. The van der Waals surface area contributed by atoms with Crippen LogP contribution in [0, 0.1) is 0 Å².